The first-order valence-corrected chi connectivity index (χ1v) is 11.1. The van der Waals surface area contributed by atoms with Gasteiger partial charge < -0.3 is 24.1 Å². The second-order valence-corrected chi connectivity index (χ2v) is 7.84. The Morgan fingerprint density at radius 3 is 2.24 bits per heavy atom. The second kappa shape index (κ2) is 11.6. The number of amides is 2. The van der Waals surface area contributed by atoms with Crippen molar-refractivity contribution >= 4 is 6.03 Å². The number of carbonyl (C=O) groups excluding carboxylic acids is 1. The topological polar surface area (TPSA) is 63.9 Å². The van der Waals surface area contributed by atoms with E-state index in [9.17, 15) is 4.79 Å². The zero-order valence-electron chi connectivity index (χ0n) is 19.1. The molecule has 6 heteroatoms. The van der Waals surface area contributed by atoms with Crippen molar-refractivity contribution in [3.05, 3.63) is 120 Å². The Bertz CT molecular complexity index is 1160. The highest BCUT2D eigenvalue weighted by molar-refractivity contribution is 5.74. The molecule has 0 aliphatic rings. The van der Waals surface area contributed by atoms with E-state index in [-0.39, 0.29) is 6.03 Å². The molecule has 4 rings (SSSR count). The Kier molecular flexibility index (Phi) is 7.85. The summed E-state index contributed by atoms with van der Waals surface area (Å²) in [6, 6.07) is 29.0. The van der Waals surface area contributed by atoms with Crippen molar-refractivity contribution in [2.75, 3.05) is 7.11 Å². The number of benzene rings is 3. The maximum atomic E-state index is 13.0. The fraction of sp³-hybridized carbons (Fsp3) is 0.179. The lowest BCUT2D eigenvalue weighted by atomic mass is 10.1. The van der Waals surface area contributed by atoms with E-state index in [2.05, 4.69) is 5.32 Å². The molecular weight excluding hydrogens is 428 g/mol. The normalized spacial score (nSPS) is 10.5. The number of methoxy groups -OCH3 is 1. The number of rotatable bonds is 10. The number of hydrogen-bond acceptors (Lipinski definition) is 4. The molecule has 0 spiro atoms. The van der Waals surface area contributed by atoms with E-state index in [4.69, 9.17) is 13.9 Å². The Hall–Kier alpha value is -4.19. The Morgan fingerprint density at radius 2 is 1.56 bits per heavy atom. The summed E-state index contributed by atoms with van der Waals surface area (Å²) in [5.74, 6) is 1.99. The number of ether oxygens (including phenoxy) is 2. The molecule has 1 heterocycles. The highest BCUT2D eigenvalue weighted by Gasteiger charge is 2.17. The average Bonchev–Trinajstić information content (AvgIpc) is 3.40. The molecule has 0 aliphatic heterocycles. The fourth-order valence-electron chi connectivity index (χ4n) is 3.56. The van der Waals surface area contributed by atoms with Gasteiger partial charge in [-0.05, 0) is 41.0 Å². The second-order valence-electron chi connectivity index (χ2n) is 7.84. The van der Waals surface area contributed by atoms with Crippen LogP contribution in [0.5, 0.6) is 11.5 Å². The third kappa shape index (κ3) is 6.42. The molecule has 1 aromatic heterocycles. The van der Waals surface area contributed by atoms with Crippen LogP contribution in [0.25, 0.3) is 0 Å². The molecule has 0 bridgehead atoms. The minimum Gasteiger partial charge on any atom is -0.493 e. The summed E-state index contributed by atoms with van der Waals surface area (Å²) in [7, 11) is 1.61. The van der Waals surface area contributed by atoms with E-state index in [1.165, 1.54) is 0 Å². The van der Waals surface area contributed by atoms with E-state index >= 15 is 0 Å². The minimum absolute atomic E-state index is 0.177. The zero-order chi connectivity index (χ0) is 23.6. The number of urea groups is 1. The van der Waals surface area contributed by atoms with Crippen molar-refractivity contribution in [3.63, 3.8) is 0 Å². The smallest absolute Gasteiger partial charge is 0.318 e. The summed E-state index contributed by atoms with van der Waals surface area (Å²) >= 11 is 0. The van der Waals surface area contributed by atoms with Crippen molar-refractivity contribution < 1.29 is 18.7 Å². The van der Waals surface area contributed by atoms with Crippen LogP contribution in [0.1, 0.15) is 22.5 Å². The summed E-state index contributed by atoms with van der Waals surface area (Å²) in [5.41, 5.74) is 3.04. The van der Waals surface area contributed by atoms with Crippen LogP contribution in [-0.2, 0) is 26.2 Å². The van der Waals surface area contributed by atoms with Crippen LogP contribution in [0, 0.1) is 0 Å². The molecule has 0 saturated heterocycles. The van der Waals surface area contributed by atoms with Crippen LogP contribution >= 0.6 is 0 Å². The van der Waals surface area contributed by atoms with Crippen molar-refractivity contribution in [1.82, 2.24) is 10.2 Å². The molecule has 6 nitrogen and oxygen atoms in total. The van der Waals surface area contributed by atoms with Crippen molar-refractivity contribution in [1.29, 1.82) is 0 Å². The van der Waals surface area contributed by atoms with Gasteiger partial charge in [0, 0.05) is 13.1 Å². The molecule has 2 amide bonds. The Balaban J connectivity index is 1.45. The van der Waals surface area contributed by atoms with E-state index in [0.717, 1.165) is 16.7 Å². The molecule has 0 atom stereocenters. The van der Waals surface area contributed by atoms with Gasteiger partial charge in [0.25, 0.3) is 0 Å². The van der Waals surface area contributed by atoms with Crippen LogP contribution in [0.15, 0.2) is 102 Å². The average molecular weight is 457 g/mol. The van der Waals surface area contributed by atoms with Gasteiger partial charge in [-0.3, -0.25) is 0 Å². The van der Waals surface area contributed by atoms with Crippen molar-refractivity contribution in [3.8, 4) is 11.5 Å². The standard InChI is InChI=1S/C28H28N2O4/c1-32-27-17-24(14-15-26(27)34-21-23-11-6-3-7-12-23)19-30(20-25-13-8-16-33-25)28(31)29-18-22-9-4-2-5-10-22/h2-17H,18-21H2,1H3,(H,29,31). The van der Waals surface area contributed by atoms with Crippen molar-refractivity contribution in [2.24, 2.45) is 0 Å². The molecule has 34 heavy (non-hydrogen) atoms. The summed E-state index contributed by atoms with van der Waals surface area (Å²) < 4.78 is 17.0. The zero-order valence-corrected chi connectivity index (χ0v) is 19.1. The van der Waals surface area contributed by atoms with Gasteiger partial charge >= 0.3 is 6.03 Å². The highest BCUT2D eigenvalue weighted by atomic mass is 16.5. The molecule has 4 aromatic rings. The largest absolute Gasteiger partial charge is 0.493 e. The number of nitrogens with zero attached hydrogens (tertiary/aromatic N) is 1. The van der Waals surface area contributed by atoms with E-state index in [1.54, 1.807) is 18.3 Å². The summed E-state index contributed by atoms with van der Waals surface area (Å²) in [6.07, 6.45) is 1.61. The third-order valence-electron chi connectivity index (χ3n) is 5.34. The van der Waals surface area contributed by atoms with Gasteiger partial charge in [-0.25, -0.2) is 4.79 Å². The lowest BCUT2D eigenvalue weighted by Crippen LogP contribution is -2.38. The van der Waals surface area contributed by atoms with E-state index in [1.807, 2.05) is 91.0 Å². The minimum atomic E-state index is -0.177. The highest BCUT2D eigenvalue weighted by Crippen LogP contribution is 2.29. The van der Waals surface area contributed by atoms with Gasteiger partial charge in [-0.1, -0.05) is 66.7 Å². The van der Waals surface area contributed by atoms with Crippen molar-refractivity contribution in [2.45, 2.75) is 26.2 Å². The molecule has 1 N–H and O–H groups in total. The Morgan fingerprint density at radius 1 is 0.824 bits per heavy atom. The molecule has 0 unspecified atom stereocenters. The first-order chi connectivity index (χ1) is 16.7. The van der Waals surface area contributed by atoms with Gasteiger partial charge in [-0.15, -0.1) is 0 Å². The monoisotopic (exact) mass is 456 g/mol. The molecular formula is C28H28N2O4. The first-order valence-electron chi connectivity index (χ1n) is 11.1. The third-order valence-corrected chi connectivity index (χ3v) is 5.34. The number of carbonyl (C=O) groups is 1. The number of hydrogen-bond donors (Lipinski definition) is 1. The summed E-state index contributed by atoms with van der Waals surface area (Å²) in [5, 5.41) is 3.00. The molecule has 0 fully saturated rings. The predicted molar refractivity (Wildman–Crippen MR) is 130 cm³/mol. The van der Waals surface area contributed by atoms with E-state index < -0.39 is 0 Å². The SMILES string of the molecule is COc1cc(CN(Cc2ccco2)C(=O)NCc2ccccc2)ccc1OCc1ccccc1. The quantitative estimate of drug-likeness (QED) is 0.329. The van der Waals surface area contributed by atoms with Crippen LogP contribution in [-0.4, -0.2) is 18.0 Å². The molecule has 174 valence electrons. The van der Waals surface area contributed by atoms with Gasteiger partial charge in [0.1, 0.15) is 12.4 Å². The summed E-state index contributed by atoms with van der Waals surface area (Å²) in [6.45, 7) is 1.63. The maximum absolute atomic E-state index is 13.0. The van der Waals surface area contributed by atoms with Crippen LogP contribution < -0.4 is 14.8 Å². The molecule has 3 aromatic carbocycles. The van der Waals surface area contributed by atoms with Crippen LogP contribution in [0.3, 0.4) is 0 Å². The maximum Gasteiger partial charge on any atom is 0.318 e. The fourth-order valence-corrected chi connectivity index (χ4v) is 3.56. The van der Waals surface area contributed by atoms with Gasteiger partial charge in [-0.2, -0.15) is 0 Å². The molecule has 0 saturated carbocycles. The van der Waals surface area contributed by atoms with Gasteiger partial charge in [0.05, 0.1) is 19.9 Å². The summed E-state index contributed by atoms with van der Waals surface area (Å²) in [4.78, 5) is 14.8. The predicted octanol–water partition coefficient (Wildman–Crippen LogP) is 5.78. The lowest BCUT2D eigenvalue weighted by Gasteiger charge is -2.23. The molecule has 0 radical (unpaired) electrons. The number of furan rings is 1. The van der Waals surface area contributed by atoms with E-state index in [0.29, 0.717) is 43.5 Å². The lowest BCUT2D eigenvalue weighted by molar-refractivity contribution is 0.186. The van der Waals surface area contributed by atoms with Crippen LogP contribution in [0.4, 0.5) is 4.79 Å². The van der Waals surface area contributed by atoms with Gasteiger partial charge in [0.2, 0.25) is 0 Å². The number of nitrogens with one attached hydrogen (secondary N) is 1. The Labute approximate surface area is 199 Å². The van der Waals surface area contributed by atoms with Gasteiger partial charge in [0.15, 0.2) is 11.5 Å². The molecule has 0 aliphatic carbocycles. The van der Waals surface area contributed by atoms with Crippen LogP contribution in [0.2, 0.25) is 0 Å². The first kappa shape index (κ1) is 23.0.